The van der Waals surface area contributed by atoms with Crippen LogP contribution >= 0.6 is 11.6 Å². The number of esters is 1. The van der Waals surface area contributed by atoms with Crippen LogP contribution in [-0.4, -0.2) is 51.7 Å². The van der Waals surface area contributed by atoms with E-state index in [-0.39, 0.29) is 11.6 Å². The van der Waals surface area contributed by atoms with Gasteiger partial charge in [0.05, 0.1) is 35.7 Å². The lowest BCUT2D eigenvalue weighted by molar-refractivity contribution is -0.148. The van der Waals surface area contributed by atoms with Gasteiger partial charge in [0.25, 0.3) is 0 Å². The first kappa shape index (κ1) is 23.9. The summed E-state index contributed by atoms with van der Waals surface area (Å²) in [5.74, 6) is -1.64. The Hall–Kier alpha value is -2.79. The minimum Gasteiger partial charge on any atom is -0.483 e. The molecule has 2 aromatic heterocycles. The molecule has 0 aliphatic heterocycles. The predicted molar refractivity (Wildman–Crippen MR) is 113 cm³/mol. The van der Waals surface area contributed by atoms with Gasteiger partial charge in [0.2, 0.25) is 0 Å². The molecule has 0 radical (unpaired) electrons. The Bertz CT molecular complexity index is 1090. The maximum absolute atomic E-state index is 13.1. The molecule has 0 aliphatic rings. The summed E-state index contributed by atoms with van der Waals surface area (Å²) in [4.78, 5) is 16.4. The van der Waals surface area contributed by atoms with Gasteiger partial charge in [-0.3, -0.25) is 9.78 Å². The maximum atomic E-state index is 13.1. The summed E-state index contributed by atoms with van der Waals surface area (Å²) in [6.45, 7) is 1.83. The van der Waals surface area contributed by atoms with Gasteiger partial charge in [-0.25, -0.2) is 4.39 Å². The van der Waals surface area contributed by atoms with E-state index in [9.17, 15) is 19.4 Å². The van der Waals surface area contributed by atoms with E-state index in [1.165, 1.54) is 18.2 Å². The molecule has 1 unspecified atom stereocenters. The SMILES string of the molecule is CC(Oc1cc2onc([C@@H](C)C(=O)OCC(N)(CO)CO)c2cc1Cl)c1ccc(F)cn1. The number of aliphatic hydroxyl groups is 2. The molecule has 0 amide bonds. The molecule has 32 heavy (non-hydrogen) atoms. The Morgan fingerprint density at radius 3 is 2.66 bits per heavy atom. The van der Waals surface area contributed by atoms with Crippen LogP contribution < -0.4 is 10.5 Å². The van der Waals surface area contributed by atoms with Crippen molar-refractivity contribution in [2.75, 3.05) is 19.8 Å². The lowest BCUT2D eigenvalue weighted by atomic mass is 10.0. The van der Waals surface area contributed by atoms with E-state index in [0.29, 0.717) is 28.1 Å². The Balaban J connectivity index is 1.77. The van der Waals surface area contributed by atoms with Crippen molar-refractivity contribution in [3.63, 3.8) is 0 Å². The van der Waals surface area contributed by atoms with E-state index in [2.05, 4.69) is 10.1 Å². The summed E-state index contributed by atoms with van der Waals surface area (Å²) < 4.78 is 29.4. The number of ether oxygens (including phenoxy) is 2. The molecule has 0 aliphatic carbocycles. The third-order valence-corrected chi connectivity index (χ3v) is 5.21. The molecule has 172 valence electrons. The highest BCUT2D eigenvalue weighted by atomic mass is 35.5. The molecular formula is C21H23ClFN3O6. The minimum atomic E-state index is -1.44. The van der Waals surface area contributed by atoms with E-state index >= 15 is 0 Å². The summed E-state index contributed by atoms with van der Waals surface area (Å²) in [5, 5.41) is 23.1. The number of nitrogens with zero attached hydrogens (tertiary/aromatic N) is 2. The lowest BCUT2D eigenvalue weighted by Gasteiger charge is -2.24. The van der Waals surface area contributed by atoms with Gasteiger partial charge in [0, 0.05) is 11.5 Å². The van der Waals surface area contributed by atoms with Crippen LogP contribution in [0, 0.1) is 5.82 Å². The first-order chi connectivity index (χ1) is 15.2. The number of fused-ring (bicyclic) bond motifs is 1. The number of carbonyl (C=O) groups excluding carboxylic acids is 1. The van der Waals surface area contributed by atoms with Crippen molar-refractivity contribution in [1.82, 2.24) is 10.1 Å². The number of carbonyl (C=O) groups is 1. The molecule has 0 bridgehead atoms. The van der Waals surface area contributed by atoms with Crippen molar-refractivity contribution >= 4 is 28.5 Å². The molecular weight excluding hydrogens is 445 g/mol. The van der Waals surface area contributed by atoms with Gasteiger partial charge in [-0.15, -0.1) is 0 Å². The van der Waals surface area contributed by atoms with Crippen molar-refractivity contribution in [2.45, 2.75) is 31.4 Å². The Morgan fingerprint density at radius 1 is 1.31 bits per heavy atom. The van der Waals surface area contributed by atoms with Gasteiger partial charge < -0.3 is 29.9 Å². The number of nitrogens with two attached hydrogens (primary N) is 1. The number of hydrogen-bond donors (Lipinski definition) is 3. The second-order valence-electron chi connectivity index (χ2n) is 7.52. The number of aromatic nitrogens is 2. The third-order valence-electron chi connectivity index (χ3n) is 4.92. The van der Waals surface area contributed by atoms with Gasteiger partial charge in [-0.05, 0) is 32.0 Å². The van der Waals surface area contributed by atoms with Gasteiger partial charge in [-0.1, -0.05) is 16.8 Å². The van der Waals surface area contributed by atoms with Crippen molar-refractivity contribution in [3.8, 4) is 5.75 Å². The molecule has 0 saturated carbocycles. The van der Waals surface area contributed by atoms with E-state index < -0.39 is 42.6 Å². The predicted octanol–water partition coefficient (Wildman–Crippen LogP) is 2.48. The lowest BCUT2D eigenvalue weighted by Crippen LogP contribution is -2.52. The van der Waals surface area contributed by atoms with Gasteiger partial charge in [0.1, 0.15) is 35.9 Å². The van der Waals surface area contributed by atoms with Crippen molar-refractivity contribution in [1.29, 1.82) is 0 Å². The molecule has 9 nitrogen and oxygen atoms in total. The normalized spacial score (nSPS) is 13.7. The summed E-state index contributed by atoms with van der Waals surface area (Å²) in [5.41, 5.74) is 5.41. The van der Waals surface area contributed by atoms with Crippen LogP contribution in [0.3, 0.4) is 0 Å². The smallest absolute Gasteiger partial charge is 0.314 e. The molecule has 0 fully saturated rings. The summed E-state index contributed by atoms with van der Waals surface area (Å²) in [6.07, 6.45) is 0.579. The zero-order valence-electron chi connectivity index (χ0n) is 17.4. The second-order valence-corrected chi connectivity index (χ2v) is 7.92. The van der Waals surface area contributed by atoms with Crippen LogP contribution in [0.5, 0.6) is 5.75 Å². The number of pyridine rings is 1. The van der Waals surface area contributed by atoms with Crippen LogP contribution in [0.15, 0.2) is 35.0 Å². The summed E-state index contributed by atoms with van der Waals surface area (Å²) in [7, 11) is 0. The topological polar surface area (TPSA) is 141 Å². The fraction of sp³-hybridized carbons (Fsp3) is 0.381. The van der Waals surface area contributed by atoms with Gasteiger partial charge >= 0.3 is 5.97 Å². The van der Waals surface area contributed by atoms with E-state index in [4.69, 9.17) is 31.3 Å². The van der Waals surface area contributed by atoms with E-state index in [1.807, 2.05) is 0 Å². The van der Waals surface area contributed by atoms with Crippen molar-refractivity contribution in [2.24, 2.45) is 5.73 Å². The number of rotatable bonds is 9. The molecule has 2 heterocycles. The van der Waals surface area contributed by atoms with Gasteiger partial charge in [0.15, 0.2) is 5.58 Å². The Labute approximate surface area is 187 Å². The molecule has 0 spiro atoms. The van der Waals surface area contributed by atoms with Crippen LogP contribution in [0.25, 0.3) is 11.0 Å². The molecule has 3 rings (SSSR count). The Kier molecular flexibility index (Phi) is 7.29. The highest BCUT2D eigenvalue weighted by Crippen LogP contribution is 2.36. The fourth-order valence-corrected chi connectivity index (χ4v) is 3.04. The van der Waals surface area contributed by atoms with Crippen LogP contribution in [0.1, 0.15) is 37.3 Å². The van der Waals surface area contributed by atoms with Crippen LogP contribution in [0.4, 0.5) is 4.39 Å². The highest BCUT2D eigenvalue weighted by molar-refractivity contribution is 6.32. The van der Waals surface area contributed by atoms with Gasteiger partial charge in [-0.2, -0.15) is 0 Å². The monoisotopic (exact) mass is 467 g/mol. The van der Waals surface area contributed by atoms with E-state index in [1.54, 1.807) is 19.9 Å². The quantitative estimate of drug-likeness (QED) is 0.404. The molecule has 3 aromatic rings. The Morgan fingerprint density at radius 2 is 2.03 bits per heavy atom. The molecule has 11 heteroatoms. The highest BCUT2D eigenvalue weighted by Gasteiger charge is 2.29. The summed E-state index contributed by atoms with van der Waals surface area (Å²) in [6, 6.07) is 5.89. The molecule has 4 N–H and O–H groups in total. The van der Waals surface area contributed by atoms with Crippen LogP contribution in [0.2, 0.25) is 5.02 Å². The number of benzene rings is 1. The number of aliphatic hydroxyl groups excluding tert-OH is 2. The first-order valence-corrected chi connectivity index (χ1v) is 10.1. The number of halogens is 2. The third kappa shape index (κ3) is 5.16. The van der Waals surface area contributed by atoms with Crippen molar-refractivity contribution in [3.05, 3.63) is 52.7 Å². The largest absolute Gasteiger partial charge is 0.483 e. The zero-order chi connectivity index (χ0) is 23.5. The molecule has 2 atom stereocenters. The standard InChI is InChI=1S/C21H23ClFN3O6/c1-11(20(29)30-10-21(24,8-27)9-28)19-14-5-15(22)18(6-17(14)32-26-19)31-12(2)16-4-3-13(23)7-25-16/h3-7,11-12,27-28H,8-10,24H2,1-2H3/t11-,12?/m1/s1. The van der Waals surface area contributed by atoms with E-state index in [0.717, 1.165) is 6.20 Å². The molecule has 1 aromatic carbocycles. The first-order valence-electron chi connectivity index (χ1n) is 9.71. The van der Waals surface area contributed by atoms with Crippen LogP contribution in [-0.2, 0) is 9.53 Å². The second kappa shape index (κ2) is 9.78. The fourth-order valence-electron chi connectivity index (χ4n) is 2.83. The average Bonchev–Trinajstić information content (AvgIpc) is 3.19. The van der Waals surface area contributed by atoms with Crippen molar-refractivity contribution < 1.29 is 33.4 Å². The average molecular weight is 468 g/mol. The number of hydrogen-bond acceptors (Lipinski definition) is 9. The maximum Gasteiger partial charge on any atom is 0.314 e. The molecule has 0 saturated heterocycles. The minimum absolute atomic E-state index is 0.248. The summed E-state index contributed by atoms with van der Waals surface area (Å²) >= 11 is 6.37. The zero-order valence-corrected chi connectivity index (χ0v) is 18.2.